The summed E-state index contributed by atoms with van der Waals surface area (Å²) in [7, 11) is 1.47. The van der Waals surface area contributed by atoms with Crippen molar-refractivity contribution in [2.45, 2.75) is 0 Å². The van der Waals surface area contributed by atoms with Gasteiger partial charge >= 0.3 is 5.63 Å². The van der Waals surface area contributed by atoms with Crippen LogP contribution in [0.5, 0.6) is 11.5 Å². The molecule has 3 aromatic rings. The number of para-hydroxylation sites is 1. The molecule has 0 aliphatic carbocycles. The van der Waals surface area contributed by atoms with Crippen LogP contribution in [0, 0.1) is 0 Å². The first-order chi connectivity index (χ1) is 11.1. The lowest BCUT2D eigenvalue weighted by atomic mass is 10.1. The Hall–Kier alpha value is -3.28. The molecule has 1 heterocycles. The minimum absolute atomic E-state index is 0.0836. The first-order valence-corrected chi connectivity index (χ1v) is 6.80. The molecule has 116 valence electrons. The van der Waals surface area contributed by atoms with E-state index in [1.807, 2.05) is 0 Å². The molecule has 1 amide bonds. The summed E-state index contributed by atoms with van der Waals surface area (Å²) < 4.78 is 10.3. The van der Waals surface area contributed by atoms with Crippen molar-refractivity contribution in [2.75, 3.05) is 12.4 Å². The quantitative estimate of drug-likeness (QED) is 0.573. The number of carbonyl (C=O) groups is 1. The summed E-state index contributed by atoms with van der Waals surface area (Å²) in [6.07, 6.45) is 0. The van der Waals surface area contributed by atoms with E-state index in [0.717, 1.165) is 0 Å². The molecule has 0 aliphatic heterocycles. The van der Waals surface area contributed by atoms with Gasteiger partial charge in [0, 0.05) is 11.1 Å². The lowest BCUT2D eigenvalue weighted by Crippen LogP contribution is -2.20. The standard InChI is InChI=1S/C17H13NO5/c1-22-14-4-2-3-10-9-13(17(21)23-15(10)14)16(20)18-11-5-7-12(19)8-6-11/h2-9,19H,1H3,(H,18,20). The van der Waals surface area contributed by atoms with Crippen molar-refractivity contribution in [3.63, 3.8) is 0 Å². The van der Waals surface area contributed by atoms with Gasteiger partial charge in [-0.25, -0.2) is 4.79 Å². The summed E-state index contributed by atoms with van der Waals surface area (Å²) >= 11 is 0. The number of anilines is 1. The van der Waals surface area contributed by atoms with Crippen LogP contribution in [0.3, 0.4) is 0 Å². The van der Waals surface area contributed by atoms with Crippen molar-refractivity contribution in [1.29, 1.82) is 0 Å². The molecule has 0 fully saturated rings. The first kappa shape index (κ1) is 14.6. The lowest BCUT2D eigenvalue weighted by Gasteiger charge is -2.07. The molecule has 3 rings (SSSR count). The molecule has 0 bridgehead atoms. The van der Waals surface area contributed by atoms with E-state index in [-0.39, 0.29) is 11.3 Å². The Morgan fingerprint density at radius 2 is 1.91 bits per heavy atom. The topological polar surface area (TPSA) is 88.8 Å². The average Bonchev–Trinajstić information content (AvgIpc) is 2.55. The molecule has 0 saturated carbocycles. The van der Waals surface area contributed by atoms with E-state index in [1.54, 1.807) is 18.2 Å². The van der Waals surface area contributed by atoms with Crippen LogP contribution in [0.4, 0.5) is 5.69 Å². The highest BCUT2D eigenvalue weighted by atomic mass is 16.5. The van der Waals surface area contributed by atoms with E-state index >= 15 is 0 Å². The van der Waals surface area contributed by atoms with E-state index in [9.17, 15) is 14.7 Å². The predicted octanol–water partition coefficient (Wildman–Crippen LogP) is 2.76. The van der Waals surface area contributed by atoms with Gasteiger partial charge in [-0.15, -0.1) is 0 Å². The van der Waals surface area contributed by atoms with Crippen molar-refractivity contribution in [1.82, 2.24) is 0 Å². The highest BCUT2D eigenvalue weighted by molar-refractivity contribution is 6.05. The number of ether oxygens (including phenoxy) is 1. The molecule has 0 unspecified atom stereocenters. The zero-order valence-electron chi connectivity index (χ0n) is 12.2. The van der Waals surface area contributed by atoms with Crippen LogP contribution in [0.25, 0.3) is 11.0 Å². The Bertz CT molecular complexity index is 928. The summed E-state index contributed by atoms with van der Waals surface area (Å²) in [5.74, 6) is -0.0837. The molecule has 0 aliphatic rings. The fourth-order valence-electron chi connectivity index (χ4n) is 2.18. The van der Waals surface area contributed by atoms with Gasteiger partial charge in [0.15, 0.2) is 11.3 Å². The number of phenols is 1. The van der Waals surface area contributed by atoms with E-state index in [2.05, 4.69) is 5.32 Å². The number of amides is 1. The Morgan fingerprint density at radius 1 is 1.17 bits per heavy atom. The zero-order chi connectivity index (χ0) is 16.4. The van der Waals surface area contributed by atoms with Gasteiger partial charge in [0.25, 0.3) is 5.91 Å². The van der Waals surface area contributed by atoms with E-state index < -0.39 is 11.5 Å². The van der Waals surface area contributed by atoms with Gasteiger partial charge in [-0.2, -0.15) is 0 Å². The van der Waals surface area contributed by atoms with Gasteiger partial charge in [-0.05, 0) is 36.4 Å². The van der Waals surface area contributed by atoms with Crippen LogP contribution in [0.15, 0.2) is 57.7 Å². The van der Waals surface area contributed by atoms with Crippen molar-refractivity contribution >= 4 is 22.6 Å². The zero-order valence-corrected chi connectivity index (χ0v) is 12.2. The summed E-state index contributed by atoms with van der Waals surface area (Å²) in [5, 5.41) is 12.4. The monoisotopic (exact) mass is 311 g/mol. The molecular weight excluding hydrogens is 298 g/mol. The van der Waals surface area contributed by atoms with Crippen LogP contribution >= 0.6 is 0 Å². The maximum absolute atomic E-state index is 12.3. The number of phenolic OH excluding ortho intramolecular Hbond substituents is 1. The van der Waals surface area contributed by atoms with Crippen molar-refractivity contribution in [2.24, 2.45) is 0 Å². The molecule has 23 heavy (non-hydrogen) atoms. The van der Waals surface area contributed by atoms with Crippen LogP contribution in [-0.2, 0) is 0 Å². The fourth-order valence-corrected chi connectivity index (χ4v) is 2.18. The molecule has 0 atom stereocenters. The van der Waals surface area contributed by atoms with Crippen molar-refractivity contribution in [3.05, 3.63) is 64.5 Å². The van der Waals surface area contributed by atoms with Crippen LogP contribution in [-0.4, -0.2) is 18.1 Å². The second kappa shape index (κ2) is 5.84. The van der Waals surface area contributed by atoms with Gasteiger partial charge in [0.05, 0.1) is 7.11 Å². The average molecular weight is 311 g/mol. The minimum Gasteiger partial charge on any atom is -0.508 e. The molecule has 2 aromatic carbocycles. The molecule has 0 saturated heterocycles. The van der Waals surface area contributed by atoms with Gasteiger partial charge in [0.2, 0.25) is 0 Å². The Labute approximate surface area is 130 Å². The number of carbonyl (C=O) groups excluding carboxylic acids is 1. The fraction of sp³-hybridized carbons (Fsp3) is 0.0588. The SMILES string of the molecule is COc1cccc2cc(C(=O)Nc3ccc(O)cc3)c(=O)oc12. The number of aromatic hydroxyl groups is 1. The van der Waals surface area contributed by atoms with Crippen molar-refractivity contribution in [3.8, 4) is 11.5 Å². The third-order valence-electron chi connectivity index (χ3n) is 3.31. The van der Waals surface area contributed by atoms with Crippen LogP contribution in [0.2, 0.25) is 0 Å². The lowest BCUT2D eigenvalue weighted by molar-refractivity contribution is 0.102. The second-order valence-corrected chi connectivity index (χ2v) is 4.83. The maximum atomic E-state index is 12.3. The summed E-state index contributed by atoms with van der Waals surface area (Å²) in [6, 6.07) is 12.5. The van der Waals surface area contributed by atoms with E-state index in [0.29, 0.717) is 22.4 Å². The number of hydrogen-bond acceptors (Lipinski definition) is 5. The number of nitrogens with one attached hydrogen (secondary N) is 1. The van der Waals surface area contributed by atoms with E-state index in [4.69, 9.17) is 9.15 Å². The molecule has 0 radical (unpaired) electrons. The third kappa shape index (κ3) is 2.87. The normalized spacial score (nSPS) is 10.5. The molecule has 6 heteroatoms. The number of fused-ring (bicyclic) bond motifs is 1. The summed E-state index contributed by atoms with van der Waals surface area (Å²) in [5.41, 5.74) is -0.115. The van der Waals surface area contributed by atoms with Crippen LogP contribution < -0.4 is 15.7 Å². The molecule has 0 spiro atoms. The van der Waals surface area contributed by atoms with Crippen molar-refractivity contribution < 1.29 is 19.1 Å². The first-order valence-electron chi connectivity index (χ1n) is 6.80. The van der Waals surface area contributed by atoms with Gasteiger partial charge in [-0.1, -0.05) is 12.1 Å². The highest BCUT2D eigenvalue weighted by Crippen LogP contribution is 2.24. The molecule has 2 N–H and O–H groups in total. The van der Waals surface area contributed by atoms with Gasteiger partial charge in [0.1, 0.15) is 11.3 Å². The number of hydrogen-bond donors (Lipinski definition) is 2. The maximum Gasteiger partial charge on any atom is 0.349 e. The minimum atomic E-state index is -0.752. The summed E-state index contributed by atoms with van der Waals surface area (Å²) in [6.45, 7) is 0. The van der Waals surface area contributed by atoms with Crippen LogP contribution in [0.1, 0.15) is 10.4 Å². The largest absolute Gasteiger partial charge is 0.508 e. The number of benzene rings is 2. The molecular formula is C17H13NO5. The Balaban J connectivity index is 1.99. The Kier molecular flexibility index (Phi) is 3.72. The van der Waals surface area contributed by atoms with E-state index in [1.165, 1.54) is 37.4 Å². The Morgan fingerprint density at radius 3 is 2.61 bits per heavy atom. The number of methoxy groups -OCH3 is 1. The predicted molar refractivity (Wildman–Crippen MR) is 85.1 cm³/mol. The highest BCUT2D eigenvalue weighted by Gasteiger charge is 2.15. The third-order valence-corrected chi connectivity index (χ3v) is 3.31. The summed E-state index contributed by atoms with van der Waals surface area (Å²) in [4.78, 5) is 24.3. The van der Waals surface area contributed by atoms with Gasteiger partial charge < -0.3 is 19.6 Å². The second-order valence-electron chi connectivity index (χ2n) is 4.83. The smallest absolute Gasteiger partial charge is 0.349 e. The van der Waals surface area contributed by atoms with Gasteiger partial charge in [-0.3, -0.25) is 4.79 Å². The molecule has 1 aromatic heterocycles. The number of rotatable bonds is 3. The molecule has 6 nitrogen and oxygen atoms in total.